The van der Waals surface area contributed by atoms with E-state index in [0.29, 0.717) is 16.5 Å². The zero-order chi connectivity index (χ0) is 13.6. The molecule has 8 heteroatoms. The fourth-order valence-corrected chi connectivity index (χ4v) is 2.46. The highest BCUT2D eigenvalue weighted by Crippen LogP contribution is 2.31. The number of carbonyl (C=O) groups is 1. The van der Waals surface area contributed by atoms with E-state index in [1.165, 1.54) is 28.6 Å². The van der Waals surface area contributed by atoms with Crippen LogP contribution in [0.2, 0.25) is 0 Å². The van der Waals surface area contributed by atoms with Crippen LogP contribution in [-0.4, -0.2) is 26.4 Å². The Morgan fingerprint density at radius 1 is 1.21 bits per heavy atom. The van der Waals surface area contributed by atoms with Crippen molar-refractivity contribution in [3.05, 3.63) is 29.8 Å². The average Bonchev–Trinajstić information content (AvgIpc) is 2.91. The molecule has 1 aromatic heterocycles. The van der Waals surface area contributed by atoms with Crippen molar-refractivity contribution in [2.24, 2.45) is 0 Å². The lowest BCUT2D eigenvalue weighted by atomic mass is 10.1. The predicted molar refractivity (Wildman–Crippen MR) is 61.8 cm³/mol. The minimum Gasteiger partial charge on any atom is -0.271 e. The lowest BCUT2D eigenvalue weighted by Crippen LogP contribution is -2.08. The Balaban J connectivity index is 1.95. The van der Waals surface area contributed by atoms with Crippen LogP contribution in [0.5, 0.6) is 0 Å². The first-order valence-corrected chi connectivity index (χ1v) is 6.24. The van der Waals surface area contributed by atoms with Gasteiger partial charge in [-0.2, -0.15) is 17.9 Å². The van der Waals surface area contributed by atoms with Crippen LogP contribution in [0.4, 0.5) is 13.2 Å². The molecule has 0 unspecified atom stereocenters. The van der Waals surface area contributed by atoms with Gasteiger partial charge in [0.1, 0.15) is 0 Å². The number of halogens is 3. The van der Waals surface area contributed by atoms with E-state index in [1.54, 1.807) is 0 Å². The Morgan fingerprint density at radius 2 is 1.89 bits per heavy atom. The van der Waals surface area contributed by atoms with Crippen LogP contribution in [0.15, 0.2) is 29.4 Å². The van der Waals surface area contributed by atoms with E-state index in [-0.39, 0.29) is 11.7 Å². The summed E-state index contributed by atoms with van der Waals surface area (Å²) in [5.41, 5.74) is -0.281. The number of carbonyl (C=O) groups excluding carboxylic acids is 1. The molecule has 0 spiro atoms. The van der Waals surface area contributed by atoms with Gasteiger partial charge in [0, 0.05) is 5.56 Å². The largest absolute Gasteiger partial charge is 0.416 e. The van der Waals surface area contributed by atoms with Crippen molar-refractivity contribution in [3.63, 3.8) is 0 Å². The number of hydrogen-bond acceptors (Lipinski definition) is 4. The molecule has 3 rings (SSSR count). The van der Waals surface area contributed by atoms with E-state index >= 15 is 0 Å². The Kier molecular flexibility index (Phi) is 2.63. The molecule has 1 aliphatic rings. The number of benzene rings is 1. The lowest BCUT2D eigenvalue weighted by molar-refractivity contribution is -0.137. The van der Waals surface area contributed by atoms with Gasteiger partial charge in [0.05, 0.1) is 11.3 Å². The summed E-state index contributed by atoms with van der Waals surface area (Å²) in [6.07, 6.45) is -4.37. The summed E-state index contributed by atoms with van der Waals surface area (Å²) >= 11 is 1.26. The second-order valence-corrected chi connectivity index (χ2v) is 4.83. The molecule has 1 aliphatic heterocycles. The van der Waals surface area contributed by atoms with Crippen molar-refractivity contribution in [1.82, 2.24) is 14.8 Å². The molecular formula is C11H6F3N3OS. The molecule has 19 heavy (non-hydrogen) atoms. The number of nitrogens with zero attached hydrogens (tertiary/aromatic N) is 3. The van der Waals surface area contributed by atoms with Crippen LogP contribution in [-0.2, 0) is 6.18 Å². The van der Waals surface area contributed by atoms with E-state index in [2.05, 4.69) is 10.1 Å². The standard InChI is InChI=1S/C11H6F3N3OS/c12-11(13,14)7-3-1-6(2-4-7)9-15-10-17(16-9)8(18)5-19-10/h1-4H,5H2. The molecule has 0 saturated carbocycles. The summed E-state index contributed by atoms with van der Waals surface area (Å²) in [6.45, 7) is 0. The van der Waals surface area contributed by atoms with Gasteiger partial charge in [-0.25, -0.2) is 4.98 Å². The first-order chi connectivity index (χ1) is 8.95. The van der Waals surface area contributed by atoms with Gasteiger partial charge in [0.15, 0.2) is 11.0 Å². The summed E-state index contributed by atoms with van der Waals surface area (Å²) in [4.78, 5) is 15.5. The lowest BCUT2D eigenvalue weighted by Gasteiger charge is -2.06. The van der Waals surface area contributed by atoms with Crippen molar-refractivity contribution in [3.8, 4) is 11.4 Å². The monoisotopic (exact) mass is 285 g/mol. The van der Waals surface area contributed by atoms with Gasteiger partial charge >= 0.3 is 6.18 Å². The molecule has 1 aromatic carbocycles. The average molecular weight is 285 g/mol. The van der Waals surface area contributed by atoms with E-state index < -0.39 is 11.7 Å². The highest BCUT2D eigenvalue weighted by atomic mass is 32.2. The Hall–Kier alpha value is -1.83. The number of aromatic nitrogens is 3. The molecule has 2 heterocycles. The molecule has 0 atom stereocenters. The summed E-state index contributed by atoms with van der Waals surface area (Å²) in [5, 5.41) is 4.46. The first kappa shape index (κ1) is 12.2. The highest BCUT2D eigenvalue weighted by Gasteiger charge is 2.30. The minimum atomic E-state index is -4.37. The van der Waals surface area contributed by atoms with E-state index in [9.17, 15) is 18.0 Å². The fourth-order valence-electron chi connectivity index (χ4n) is 1.67. The third-order valence-corrected chi connectivity index (χ3v) is 3.52. The van der Waals surface area contributed by atoms with Gasteiger partial charge in [-0.15, -0.1) is 5.10 Å². The molecule has 98 valence electrons. The third kappa shape index (κ3) is 2.12. The molecule has 0 fully saturated rings. The van der Waals surface area contributed by atoms with Gasteiger partial charge in [-0.3, -0.25) is 4.79 Å². The maximum Gasteiger partial charge on any atom is 0.416 e. The molecular weight excluding hydrogens is 279 g/mol. The molecule has 0 amide bonds. The number of hydrogen-bond donors (Lipinski definition) is 0. The zero-order valence-electron chi connectivity index (χ0n) is 9.31. The third-order valence-electron chi connectivity index (χ3n) is 2.61. The molecule has 0 saturated heterocycles. The summed E-state index contributed by atoms with van der Waals surface area (Å²) in [5.74, 6) is 0.373. The molecule has 0 N–H and O–H groups in total. The Bertz CT molecular complexity index is 648. The first-order valence-electron chi connectivity index (χ1n) is 5.26. The summed E-state index contributed by atoms with van der Waals surface area (Å²) < 4.78 is 38.4. The summed E-state index contributed by atoms with van der Waals surface area (Å²) in [6, 6.07) is 4.53. The highest BCUT2D eigenvalue weighted by molar-refractivity contribution is 8.00. The van der Waals surface area contributed by atoms with Crippen LogP contribution in [0.25, 0.3) is 11.4 Å². The van der Waals surface area contributed by atoms with E-state index in [4.69, 9.17) is 0 Å². The second kappa shape index (κ2) is 4.09. The zero-order valence-corrected chi connectivity index (χ0v) is 10.1. The minimum absolute atomic E-state index is 0.175. The van der Waals surface area contributed by atoms with Crippen LogP contribution in [0.1, 0.15) is 10.4 Å². The van der Waals surface area contributed by atoms with Crippen LogP contribution >= 0.6 is 11.8 Å². The maximum absolute atomic E-state index is 12.4. The number of alkyl halides is 3. The van der Waals surface area contributed by atoms with E-state index in [1.807, 2.05) is 0 Å². The number of thioether (sulfide) groups is 1. The smallest absolute Gasteiger partial charge is 0.271 e. The molecule has 0 radical (unpaired) electrons. The quantitative estimate of drug-likeness (QED) is 0.808. The SMILES string of the molecule is O=C1CSc2nc(-c3ccc(C(F)(F)F)cc3)nn21. The van der Waals surface area contributed by atoms with E-state index in [0.717, 1.165) is 12.1 Å². The molecule has 2 aromatic rings. The molecule has 0 aliphatic carbocycles. The molecule has 0 bridgehead atoms. The Labute approximate surface area is 109 Å². The van der Waals surface area contributed by atoms with Crippen LogP contribution in [0.3, 0.4) is 0 Å². The van der Waals surface area contributed by atoms with Crippen molar-refractivity contribution in [1.29, 1.82) is 0 Å². The predicted octanol–water partition coefficient (Wildman–Crippen LogP) is 2.71. The fraction of sp³-hybridized carbons (Fsp3) is 0.182. The van der Waals surface area contributed by atoms with Crippen LogP contribution < -0.4 is 0 Å². The van der Waals surface area contributed by atoms with Crippen molar-refractivity contribution < 1.29 is 18.0 Å². The van der Waals surface area contributed by atoms with Crippen molar-refractivity contribution in [2.45, 2.75) is 11.3 Å². The maximum atomic E-state index is 12.4. The normalized spacial score (nSPS) is 14.8. The van der Waals surface area contributed by atoms with Gasteiger partial charge in [0.25, 0.3) is 5.91 Å². The van der Waals surface area contributed by atoms with Crippen LogP contribution in [0, 0.1) is 0 Å². The van der Waals surface area contributed by atoms with Crippen molar-refractivity contribution >= 4 is 17.7 Å². The summed E-state index contributed by atoms with van der Waals surface area (Å²) in [7, 11) is 0. The number of rotatable bonds is 1. The van der Waals surface area contributed by atoms with Gasteiger partial charge in [-0.1, -0.05) is 23.9 Å². The topological polar surface area (TPSA) is 47.8 Å². The second-order valence-electron chi connectivity index (χ2n) is 3.89. The molecule has 4 nitrogen and oxygen atoms in total. The van der Waals surface area contributed by atoms with Gasteiger partial charge in [-0.05, 0) is 12.1 Å². The van der Waals surface area contributed by atoms with Crippen molar-refractivity contribution in [2.75, 3.05) is 5.75 Å². The number of fused-ring (bicyclic) bond motifs is 1. The van der Waals surface area contributed by atoms with Gasteiger partial charge in [0.2, 0.25) is 0 Å². The van der Waals surface area contributed by atoms with Gasteiger partial charge < -0.3 is 0 Å². The Morgan fingerprint density at radius 3 is 2.47 bits per heavy atom.